The van der Waals surface area contributed by atoms with Crippen LogP contribution < -0.4 is 4.90 Å². The highest BCUT2D eigenvalue weighted by atomic mass is 32.2. The van der Waals surface area contributed by atoms with Crippen molar-refractivity contribution < 1.29 is 5.11 Å². The molecule has 0 aliphatic carbocycles. The van der Waals surface area contributed by atoms with Crippen molar-refractivity contribution in [3.8, 4) is 0 Å². The van der Waals surface area contributed by atoms with Crippen LogP contribution in [0.25, 0.3) is 0 Å². The summed E-state index contributed by atoms with van der Waals surface area (Å²) < 4.78 is 0. The maximum absolute atomic E-state index is 8.84. The smallest absolute Gasteiger partial charge is 0.0552 e. The van der Waals surface area contributed by atoms with E-state index in [0.29, 0.717) is 6.61 Å². The first-order chi connectivity index (χ1) is 12.8. The number of para-hydroxylation sites is 2. The van der Waals surface area contributed by atoms with Crippen molar-refractivity contribution in [3.05, 3.63) is 48.5 Å². The van der Waals surface area contributed by atoms with Crippen LogP contribution in [0.1, 0.15) is 32.1 Å². The van der Waals surface area contributed by atoms with Gasteiger partial charge < -0.3 is 14.9 Å². The van der Waals surface area contributed by atoms with Crippen LogP contribution in [0.15, 0.2) is 58.3 Å². The summed E-state index contributed by atoms with van der Waals surface area (Å²) in [6.45, 7) is 3.64. The Morgan fingerprint density at radius 2 is 1.38 bits per heavy atom. The number of unbranched alkanes of at least 4 members (excludes halogenated alkanes) is 3. The van der Waals surface area contributed by atoms with Gasteiger partial charge in [-0.25, -0.2) is 0 Å². The lowest BCUT2D eigenvalue weighted by molar-refractivity contribution is 0.277. The van der Waals surface area contributed by atoms with E-state index in [4.69, 9.17) is 5.11 Å². The summed E-state index contributed by atoms with van der Waals surface area (Å²) in [5.74, 6) is 0. The van der Waals surface area contributed by atoms with Crippen LogP contribution in [-0.4, -0.2) is 43.3 Å². The molecule has 140 valence electrons. The van der Waals surface area contributed by atoms with E-state index in [1.807, 2.05) is 11.8 Å². The van der Waals surface area contributed by atoms with E-state index >= 15 is 0 Å². The number of benzene rings is 2. The highest BCUT2D eigenvalue weighted by Gasteiger charge is 2.22. The molecule has 0 radical (unpaired) electrons. The number of hydrogen-bond donors (Lipinski definition) is 1. The van der Waals surface area contributed by atoms with Gasteiger partial charge in [0, 0.05) is 22.9 Å². The van der Waals surface area contributed by atoms with Gasteiger partial charge in [0.05, 0.1) is 11.4 Å². The predicted molar refractivity (Wildman–Crippen MR) is 112 cm³/mol. The lowest BCUT2D eigenvalue weighted by Crippen LogP contribution is -2.27. The molecule has 1 heterocycles. The van der Waals surface area contributed by atoms with E-state index in [2.05, 4.69) is 65.4 Å². The van der Waals surface area contributed by atoms with Crippen LogP contribution in [0.3, 0.4) is 0 Å². The first kappa shape index (κ1) is 19.3. The first-order valence-electron chi connectivity index (χ1n) is 9.72. The van der Waals surface area contributed by atoms with Gasteiger partial charge in [-0.1, -0.05) is 48.9 Å². The van der Waals surface area contributed by atoms with Crippen LogP contribution in [0.4, 0.5) is 11.4 Å². The minimum absolute atomic E-state index is 0.326. The normalized spacial score (nSPS) is 13.0. The summed E-state index contributed by atoms with van der Waals surface area (Å²) in [4.78, 5) is 7.62. The fourth-order valence-electron chi connectivity index (χ4n) is 3.48. The van der Waals surface area contributed by atoms with Crippen LogP contribution in [0.5, 0.6) is 0 Å². The van der Waals surface area contributed by atoms with Gasteiger partial charge in [-0.05, 0) is 63.7 Å². The van der Waals surface area contributed by atoms with E-state index in [9.17, 15) is 0 Å². The van der Waals surface area contributed by atoms with Crippen molar-refractivity contribution in [3.63, 3.8) is 0 Å². The summed E-state index contributed by atoms with van der Waals surface area (Å²) in [7, 11) is 2.22. The zero-order chi connectivity index (χ0) is 18.2. The Morgan fingerprint density at radius 1 is 0.808 bits per heavy atom. The third-order valence-electron chi connectivity index (χ3n) is 4.90. The van der Waals surface area contributed by atoms with Crippen molar-refractivity contribution >= 4 is 23.1 Å². The van der Waals surface area contributed by atoms with Gasteiger partial charge in [0.1, 0.15) is 0 Å². The van der Waals surface area contributed by atoms with Crippen molar-refractivity contribution in [2.75, 3.05) is 38.2 Å². The Kier molecular flexibility index (Phi) is 7.42. The lowest BCUT2D eigenvalue weighted by Gasteiger charge is -2.33. The molecule has 26 heavy (non-hydrogen) atoms. The van der Waals surface area contributed by atoms with Crippen LogP contribution >= 0.6 is 11.8 Å². The average molecular weight is 371 g/mol. The van der Waals surface area contributed by atoms with E-state index in [-0.39, 0.29) is 0 Å². The molecule has 0 atom stereocenters. The summed E-state index contributed by atoms with van der Waals surface area (Å²) in [5.41, 5.74) is 2.67. The molecule has 0 aromatic heterocycles. The lowest BCUT2D eigenvalue weighted by atomic mass is 10.2. The molecule has 0 fully saturated rings. The SMILES string of the molecule is CN(CCCCCCO)CCCN1c2ccccc2Sc2ccccc21. The molecule has 2 aromatic rings. The van der Waals surface area contributed by atoms with E-state index in [1.54, 1.807) is 0 Å². The Bertz CT molecular complexity index is 646. The van der Waals surface area contributed by atoms with E-state index in [1.165, 1.54) is 34.0 Å². The fraction of sp³-hybridized carbons (Fsp3) is 0.455. The molecule has 0 amide bonds. The van der Waals surface area contributed by atoms with Crippen molar-refractivity contribution in [1.29, 1.82) is 0 Å². The standard InChI is InChI=1S/C22H30N2OS/c1-23(15-8-2-3-9-18-25)16-10-17-24-19-11-4-6-13-21(19)26-22-14-7-5-12-20(22)24/h4-7,11-14,25H,2-3,8-10,15-18H2,1H3. The second-order valence-corrected chi connectivity index (χ2v) is 8.07. The number of anilines is 2. The van der Waals surface area contributed by atoms with Gasteiger partial charge in [0.2, 0.25) is 0 Å². The zero-order valence-corrected chi connectivity index (χ0v) is 16.5. The predicted octanol–water partition coefficient (Wildman–Crippen LogP) is 5.16. The van der Waals surface area contributed by atoms with E-state index < -0.39 is 0 Å². The highest BCUT2D eigenvalue weighted by Crippen LogP contribution is 2.47. The van der Waals surface area contributed by atoms with Crippen molar-refractivity contribution in [1.82, 2.24) is 4.90 Å². The summed E-state index contributed by atoms with van der Waals surface area (Å²) in [5, 5.41) is 8.84. The topological polar surface area (TPSA) is 26.7 Å². The molecule has 0 saturated heterocycles. The van der Waals surface area contributed by atoms with Gasteiger partial charge in [0.15, 0.2) is 0 Å². The van der Waals surface area contributed by atoms with E-state index in [0.717, 1.165) is 38.9 Å². The number of hydrogen-bond acceptors (Lipinski definition) is 4. The Balaban J connectivity index is 1.53. The molecule has 0 spiro atoms. The van der Waals surface area contributed by atoms with Crippen molar-refractivity contribution in [2.24, 2.45) is 0 Å². The van der Waals surface area contributed by atoms with Crippen molar-refractivity contribution in [2.45, 2.75) is 41.9 Å². The number of fused-ring (bicyclic) bond motifs is 2. The summed E-state index contributed by atoms with van der Waals surface area (Å²) in [6, 6.07) is 17.5. The number of rotatable bonds is 10. The second-order valence-electron chi connectivity index (χ2n) is 6.98. The third-order valence-corrected chi connectivity index (χ3v) is 6.03. The van der Waals surface area contributed by atoms with Gasteiger partial charge in [0.25, 0.3) is 0 Å². The minimum atomic E-state index is 0.326. The van der Waals surface area contributed by atoms with Crippen LogP contribution in [0, 0.1) is 0 Å². The maximum Gasteiger partial charge on any atom is 0.0552 e. The Hall–Kier alpha value is -1.49. The highest BCUT2D eigenvalue weighted by molar-refractivity contribution is 7.99. The Labute approximate surface area is 162 Å². The minimum Gasteiger partial charge on any atom is -0.396 e. The largest absolute Gasteiger partial charge is 0.396 e. The molecule has 0 unspecified atom stereocenters. The maximum atomic E-state index is 8.84. The molecule has 1 aliphatic heterocycles. The molecule has 4 heteroatoms. The monoisotopic (exact) mass is 370 g/mol. The van der Waals surface area contributed by atoms with Gasteiger partial charge in [-0.3, -0.25) is 0 Å². The molecule has 2 aromatic carbocycles. The quantitative estimate of drug-likeness (QED) is 0.584. The molecule has 1 N–H and O–H groups in total. The third kappa shape index (κ3) is 5.03. The second kappa shape index (κ2) is 10.0. The zero-order valence-electron chi connectivity index (χ0n) is 15.7. The van der Waals surface area contributed by atoms with Crippen LogP contribution in [0.2, 0.25) is 0 Å². The number of aliphatic hydroxyl groups excluding tert-OH is 1. The van der Waals surface area contributed by atoms with Gasteiger partial charge in [-0.15, -0.1) is 0 Å². The molecule has 1 aliphatic rings. The average Bonchev–Trinajstić information content (AvgIpc) is 2.67. The summed E-state index contributed by atoms with van der Waals surface area (Å²) in [6.07, 6.45) is 5.68. The Morgan fingerprint density at radius 3 is 2.04 bits per heavy atom. The molecular weight excluding hydrogens is 340 g/mol. The fourth-order valence-corrected chi connectivity index (χ4v) is 4.58. The molecule has 3 nitrogen and oxygen atoms in total. The molecule has 0 bridgehead atoms. The molecule has 3 rings (SSSR count). The number of nitrogens with zero attached hydrogens (tertiary/aromatic N) is 2. The summed E-state index contributed by atoms with van der Waals surface area (Å²) >= 11 is 1.87. The molecule has 0 saturated carbocycles. The molecular formula is C22H30N2OS. The first-order valence-corrected chi connectivity index (χ1v) is 10.5. The number of aliphatic hydroxyl groups is 1. The van der Waals surface area contributed by atoms with Gasteiger partial charge >= 0.3 is 0 Å². The van der Waals surface area contributed by atoms with Gasteiger partial charge in [-0.2, -0.15) is 0 Å². The van der Waals surface area contributed by atoms with Crippen LogP contribution in [-0.2, 0) is 0 Å².